The third kappa shape index (κ3) is 3.78. The zero-order chi connectivity index (χ0) is 13.9. The molecule has 0 radical (unpaired) electrons. The molecular weight excluding hydrogens is 280 g/mol. The Kier molecular flexibility index (Phi) is 5.00. The fourth-order valence-electron chi connectivity index (χ4n) is 2.03. The number of nitrogens with zero attached hydrogens (tertiary/aromatic N) is 1. The summed E-state index contributed by atoms with van der Waals surface area (Å²) in [5.41, 5.74) is 0. The van der Waals surface area contributed by atoms with Crippen molar-refractivity contribution < 1.29 is 8.42 Å². The maximum Gasteiger partial charge on any atom is 0.218 e. The lowest BCUT2D eigenvalue weighted by Gasteiger charge is -2.25. The molecule has 0 aliphatic heterocycles. The molecule has 1 fully saturated rings. The topological polar surface area (TPSA) is 49.4 Å². The highest BCUT2D eigenvalue weighted by Gasteiger charge is 2.39. The summed E-state index contributed by atoms with van der Waals surface area (Å²) >= 11 is 1.62. The molecule has 1 aliphatic rings. The quantitative estimate of drug-likeness (QED) is 0.799. The lowest BCUT2D eigenvalue weighted by molar-refractivity contribution is 0.393. The van der Waals surface area contributed by atoms with Crippen LogP contribution in [0.25, 0.3) is 0 Å². The number of sulfonamides is 1. The molecule has 1 heterocycles. The van der Waals surface area contributed by atoms with Crippen LogP contribution in [-0.2, 0) is 16.6 Å². The van der Waals surface area contributed by atoms with E-state index in [1.165, 1.54) is 0 Å². The molecule has 1 aromatic heterocycles. The van der Waals surface area contributed by atoms with Crippen molar-refractivity contribution in [1.29, 1.82) is 0 Å². The SMILES string of the molecule is CCNCC(C)S(=O)(=O)N(Cc1cccs1)C1CC1. The van der Waals surface area contributed by atoms with Crippen LogP contribution in [0.1, 0.15) is 31.6 Å². The summed E-state index contributed by atoms with van der Waals surface area (Å²) in [4.78, 5) is 1.12. The molecule has 1 aromatic rings. The fourth-order valence-corrected chi connectivity index (χ4v) is 4.55. The van der Waals surface area contributed by atoms with E-state index >= 15 is 0 Å². The first-order chi connectivity index (χ1) is 9.05. The van der Waals surface area contributed by atoms with Gasteiger partial charge in [0.15, 0.2) is 0 Å². The van der Waals surface area contributed by atoms with Gasteiger partial charge in [0.05, 0.1) is 5.25 Å². The minimum absolute atomic E-state index is 0.219. The lowest BCUT2D eigenvalue weighted by Crippen LogP contribution is -2.42. The van der Waals surface area contributed by atoms with Gasteiger partial charge in [0.1, 0.15) is 0 Å². The molecule has 108 valence electrons. The predicted octanol–water partition coefficient (Wildman–Crippen LogP) is 2.04. The molecule has 1 saturated carbocycles. The summed E-state index contributed by atoms with van der Waals surface area (Å²) in [7, 11) is -3.21. The maximum absolute atomic E-state index is 12.6. The number of nitrogens with one attached hydrogen (secondary N) is 1. The van der Waals surface area contributed by atoms with Gasteiger partial charge in [-0.3, -0.25) is 0 Å². The van der Waals surface area contributed by atoms with Gasteiger partial charge in [-0.1, -0.05) is 13.0 Å². The van der Waals surface area contributed by atoms with Crippen LogP contribution >= 0.6 is 11.3 Å². The monoisotopic (exact) mass is 302 g/mol. The van der Waals surface area contributed by atoms with Crippen molar-refractivity contribution in [2.75, 3.05) is 13.1 Å². The van der Waals surface area contributed by atoms with Crippen LogP contribution in [0.4, 0.5) is 0 Å². The minimum Gasteiger partial charge on any atom is -0.316 e. The number of rotatable bonds is 8. The Morgan fingerprint density at radius 1 is 1.53 bits per heavy atom. The Balaban J connectivity index is 2.09. The summed E-state index contributed by atoms with van der Waals surface area (Å²) in [5.74, 6) is 0. The second-order valence-corrected chi connectivity index (χ2v) is 8.35. The molecule has 1 unspecified atom stereocenters. The van der Waals surface area contributed by atoms with Crippen molar-refractivity contribution in [1.82, 2.24) is 9.62 Å². The lowest BCUT2D eigenvalue weighted by atomic mass is 10.4. The van der Waals surface area contributed by atoms with Gasteiger partial charge in [-0.05, 0) is 37.8 Å². The number of hydrogen-bond donors (Lipinski definition) is 1. The summed E-state index contributed by atoms with van der Waals surface area (Å²) in [6, 6.07) is 4.20. The van der Waals surface area contributed by atoms with Crippen molar-refractivity contribution in [2.24, 2.45) is 0 Å². The van der Waals surface area contributed by atoms with E-state index in [2.05, 4.69) is 5.32 Å². The summed E-state index contributed by atoms with van der Waals surface area (Å²) in [6.45, 7) is 5.63. The highest BCUT2D eigenvalue weighted by molar-refractivity contribution is 7.89. The van der Waals surface area contributed by atoms with E-state index in [1.807, 2.05) is 24.4 Å². The van der Waals surface area contributed by atoms with Gasteiger partial charge in [0, 0.05) is 24.0 Å². The van der Waals surface area contributed by atoms with Crippen LogP contribution in [0.5, 0.6) is 0 Å². The molecule has 0 amide bonds. The molecule has 6 heteroatoms. The number of thiophene rings is 1. The molecule has 0 saturated heterocycles. The Hall–Kier alpha value is -0.430. The second kappa shape index (κ2) is 6.35. The van der Waals surface area contributed by atoms with Gasteiger partial charge >= 0.3 is 0 Å². The van der Waals surface area contributed by atoms with Crippen molar-refractivity contribution in [3.63, 3.8) is 0 Å². The van der Waals surface area contributed by atoms with Crippen molar-refractivity contribution in [3.05, 3.63) is 22.4 Å². The van der Waals surface area contributed by atoms with E-state index < -0.39 is 10.0 Å². The predicted molar refractivity (Wildman–Crippen MR) is 79.8 cm³/mol. The van der Waals surface area contributed by atoms with Crippen molar-refractivity contribution in [2.45, 2.75) is 44.5 Å². The molecule has 1 N–H and O–H groups in total. The summed E-state index contributed by atoms with van der Waals surface area (Å²) in [6.07, 6.45) is 2.00. The Labute approximate surface area is 119 Å². The molecule has 4 nitrogen and oxygen atoms in total. The first-order valence-corrected chi connectivity index (χ1v) is 9.17. The maximum atomic E-state index is 12.6. The van der Waals surface area contributed by atoms with E-state index in [-0.39, 0.29) is 11.3 Å². The van der Waals surface area contributed by atoms with Crippen LogP contribution in [-0.4, -0.2) is 37.1 Å². The molecule has 1 atom stereocenters. The van der Waals surface area contributed by atoms with E-state index in [1.54, 1.807) is 22.6 Å². The third-order valence-corrected chi connectivity index (χ3v) is 6.49. The van der Waals surface area contributed by atoms with Crippen LogP contribution in [0.2, 0.25) is 0 Å². The molecule has 0 spiro atoms. The van der Waals surface area contributed by atoms with Crippen LogP contribution in [0, 0.1) is 0 Å². The van der Waals surface area contributed by atoms with Gasteiger partial charge in [-0.15, -0.1) is 11.3 Å². The fraction of sp³-hybridized carbons (Fsp3) is 0.692. The van der Waals surface area contributed by atoms with Gasteiger partial charge in [-0.25, -0.2) is 8.42 Å². The average Bonchev–Trinajstić information content (AvgIpc) is 3.09. The Morgan fingerprint density at radius 2 is 2.26 bits per heavy atom. The Bertz CT molecular complexity index is 481. The standard InChI is InChI=1S/C13H22N2O2S2/c1-3-14-9-11(2)19(16,17)15(12-6-7-12)10-13-5-4-8-18-13/h4-5,8,11-12,14H,3,6-7,9-10H2,1-2H3. The molecule has 0 aromatic carbocycles. The second-order valence-electron chi connectivity index (χ2n) is 5.02. The molecule has 2 rings (SSSR count). The smallest absolute Gasteiger partial charge is 0.218 e. The van der Waals surface area contributed by atoms with Crippen LogP contribution < -0.4 is 5.32 Å². The normalized spacial score (nSPS) is 17.8. The average molecular weight is 302 g/mol. The highest BCUT2D eigenvalue weighted by atomic mass is 32.2. The van der Waals surface area contributed by atoms with E-state index in [9.17, 15) is 8.42 Å². The van der Waals surface area contributed by atoms with Gasteiger partial charge in [-0.2, -0.15) is 4.31 Å². The minimum atomic E-state index is -3.21. The zero-order valence-corrected chi connectivity index (χ0v) is 13.1. The molecule has 1 aliphatic carbocycles. The largest absolute Gasteiger partial charge is 0.316 e. The third-order valence-electron chi connectivity index (χ3n) is 3.36. The van der Waals surface area contributed by atoms with Crippen molar-refractivity contribution in [3.8, 4) is 0 Å². The van der Waals surface area contributed by atoms with Crippen molar-refractivity contribution >= 4 is 21.4 Å². The Morgan fingerprint density at radius 3 is 2.79 bits per heavy atom. The first kappa shape index (κ1) is 15.0. The van der Waals surface area contributed by atoms with Crippen LogP contribution in [0.3, 0.4) is 0 Å². The van der Waals surface area contributed by atoms with Gasteiger partial charge in [0.25, 0.3) is 0 Å². The summed E-state index contributed by atoms with van der Waals surface area (Å²) < 4.78 is 27.0. The van der Waals surface area contributed by atoms with Gasteiger partial charge in [0.2, 0.25) is 10.0 Å². The zero-order valence-electron chi connectivity index (χ0n) is 11.5. The summed E-state index contributed by atoms with van der Waals surface area (Å²) in [5, 5.41) is 4.75. The van der Waals surface area contributed by atoms with Crippen LogP contribution in [0.15, 0.2) is 17.5 Å². The molecule has 19 heavy (non-hydrogen) atoms. The molecular formula is C13H22N2O2S2. The van der Waals surface area contributed by atoms with E-state index in [0.29, 0.717) is 13.1 Å². The van der Waals surface area contributed by atoms with E-state index in [4.69, 9.17) is 0 Å². The number of hydrogen-bond acceptors (Lipinski definition) is 4. The molecule has 0 bridgehead atoms. The highest BCUT2D eigenvalue weighted by Crippen LogP contribution is 2.32. The first-order valence-electron chi connectivity index (χ1n) is 6.79. The van der Waals surface area contributed by atoms with Gasteiger partial charge < -0.3 is 5.32 Å². The van der Waals surface area contributed by atoms with E-state index in [0.717, 1.165) is 24.3 Å².